The third kappa shape index (κ3) is 4.81. The van der Waals surface area contributed by atoms with E-state index in [1.807, 2.05) is 13.8 Å². The highest BCUT2D eigenvalue weighted by Gasteiger charge is 2.23. The van der Waals surface area contributed by atoms with E-state index >= 15 is 0 Å². The summed E-state index contributed by atoms with van der Waals surface area (Å²) in [6, 6.07) is 0. The molecule has 1 aromatic heterocycles. The van der Waals surface area contributed by atoms with Crippen LogP contribution in [0.1, 0.15) is 40.0 Å². The smallest absolute Gasteiger partial charge is 0.206 e. The number of hydrogen-bond acceptors (Lipinski definition) is 6. The molecule has 17 heavy (non-hydrogen) atoms. The first kappa shape index (κ1) is 14.7. The minimum atomic E-state index is -0.576. The standard InChI is InChI=1S/C11H21N3OS2/c1-4-7-12-9-13-14-10(17-9)16-8-11(15,5-2)6-3/h15H,4-8H2,1-3H3,(H,12,13). The monoisotopic (exact) mass is 275 g/mol. The second kappa shape index (κ2) is 7.18. The fourth-order valence-corrected chi connectivity index (χ4v) is 3.27. The van der Waals surface area contributed by atoms with Crippen LogP contribution in [0, 0.1) is 0 Å². The van der Waals surface area contributed by atoms with E-state index < -0.39 is 5.60 Å². The lowest BCUT2D eigenvalue weighted by atomic mass is 10.0. The fourth-order valence-electron chi connectivity index (χ4n) is 1.22. The Labute approximate surface area is 111 Å². The summed E-state index contributed by atoms with van der Waals surface area (Å²) < 4.78 is 0.920. The SMILES string of the molecule is CCCNc1nnc(SCC(O)(CC)CC)s1. The van der Waals surface area contributed by atoms with Gasteiger partial charge in [-0.1, -0.05) is 43.9 Å². The second-order valence-electron chi connectivity index (χ2n) is 4.02. The first-order valence-electron chi connectivity index (χ1n) is 6.06. The van der Waals surface area contributed by atoms with Crippen LogP contribution in [0.3, 0.4) is 0 Å². The van der Waals surface area contributed by atoms with E-state index in [9.17, 15) is 5.11 Å². The van der Waals surface area contributed by atoms with Crippen molar-refractivity contribution in [2.24, 2.45) is 0 Å². The van der Waals surface area contributed by atoms with Crippen LogP contribution in [0.15, 0.2) is 4.34 Å². The molecule has 98 valence electrons. The van der Waals surface area contributed by atoms with Crippen molar-refractivity contribution >= 4 is 28.2 Å². The van der Waals surface area contributed by atoms with Gasteiger partial charge in [-0.15, -0.1) is 10.2 Å². The van der Waals surface area contributed by atoms with Crippen LogP contribution in [-0.4, -0.2) is 33.2 Å². The zero-order chi connectivity index (χ0) is 12.7. The summed E-state index contributed by atoms with van der Waals surface area (Å²) in [5, 5.41) is 22.4. The molecule has 0 spiro atoms. The molecule has 0 bridgehead atoms. The molecule has 0 saturated heterocycles. The van der Waals surface area contributed by atoms with E-state index in [0.29, 0.717) is 5.75 Å². The second-order valence-corrected chi connectivity index (χ2v) is 6.22. The molecule has 6 heteroatoms. The Balaban J connectivity index is 2.44. The molecule has 1 heterocycles. The molecule has 1 rings (SSSR count). The van der Waals surface area contributed by atoms with Gasteiger partial charge in [0.1, 0.15) is 0 Å². The van der Waals surface area contributed by atoms with Crippen LogP contribution >= 0.6 is 23.1 Å². The fraction of sp³-hybridized carbons (Fsp3) is 0.818. The van der Waals surface area contributed by atoms with Crippen molar-refractivity contribution in [3.63, 3.8) is 0 Å². The molecule has 0 aliphatic rings. The summed E-state index contributed by atoms with van der Waals surface area (Å²) in [7, 11) is 0. The number of anilines is 1. The number of aromatic nitrogens is 2. The van der Waals surface area contributed by atoms with Gasteiger partial charge in [-0.2, -0.15) is 0 Å². The van der Waals surface area contributed by atoms with Gasteiger partial charge >= 0.3 is 0 Å². The summed E-state index contributed by atoms with van der Waals surface area (Å²) in [6.07, 6.45) is 2.62. The Kier molecular flexibility index (Phi) is 6.22. The van der Waals surface area contributed by atoms with Gasteiger partial charge in [-0.3, -0.25) is 0 Å². The number of rotatable bonds is 8. The molecule has 0 saturated carbocycles. The van der Waals surface area contributed by atoms with Gasteiger partial charge in [0, 0.05) is 12.3 Å². The maximum absolute atomic E-state index is 10.2. The lowest BCUT2D eigenvalue weighted by molar-refractivity contribution is 0.0572. The van der Waals surface area contributed by atoms with Crippen molar-refractivity contribution in [1.82, 2.24) is 10.2 Å². The largest absolute Gasteiger partial charge is 0.389 e. The van der Waals surface area contributed by atoms with Crippen LogP contribution < -0.4 is 5.32 Å². The molecule has 2 N–H and O–H groups in total. The van der Waals surface area contributed by atoms with Gasteiger partial charge in [-0.05, 0) is 19.3 Å². The van der Waals surface area contributed by atoms with Crippen molar-refractivity contribution in [2.45, 2.75) is 50.0 Å². The number of hydrogen-bond donors (Lipinski definition) is 2. The summed E-state index contributed by atoms with van der Waals surface area (Å²) >= 11 is 3.14. The first-order valence-corrected chi connectivity index (χ1v) is 7.86. The predicted molar refractivity (Wildman–Crippen MR) is 74.9 cm³/mol. The number of nitrogens with one attached hydrogen (secondary N) is 1. The molecule has 0 atom stereocenters. The number of aliphatic hydroxyl groups is 1. The Morgan fingerprint density at radius 2 is 2.00 bits per heavy atom. The van der Waals surface area contributed by atoms with Crippen molar-refractivity contribution in [3.05, 3.63) is 0 Å². The van der Waals surface area contributed by atoms with E-state index in [2.05, 4.69) is 22.4 Å². The maximum Gasteiger partial charge on any atom is 0.206 e. The summed E-state index contributed by atoms with van der Waals surface area (Å²) in [5.74, 6) is 0.683. The van der Waals surface area contributed by atoms with Gasteiger partial charge in [0.25, 0.3) is 0 Å². The molecule has 0 aromatic carbocycles. The third-order valence-electron chi connectivity index (χ3n) is 2.71. The van der Waals surface area contributed by atoms with E-state index in [1.54, 1.807) is 23.1 Å². The van der Waals surface area contributed by atoms with Crippen molar-refractivity contribution in [3.8, 4) is 0 Å². The molecule has 0 aliphatic heterocycles. The van der Waals surface area contributed by atoms with Crippen LogP contribution in [-0.2, 0) is 0 Å². The molecule has 4 nitrogen and oxygen atoms in total. The van der Waals surface area contributed by atoms with E-state index in [0.717, 1.165) is 35.3 Å². The van der Waals surface area contributed by atoms with Gasteiger partial charge in [0.05, 0.1) is 5.60 Å². The highest BCUT2D eigenvalue weighted by molar-refractivity contribution is 8.01. The third-order valence-corrected chi connectivity index (χ3v) is 5.00. The van der Waals surface area contributed by atoms with Crippen LogP contribution in [0.2, 0.25) is 0 Å². The average molecular weight is 275 g/mol. The van der Waals surface area contributed by atoms with E-state index in [4.69, 9.17) is 0 Å². The van der Waals surface area contributed by atoms with Gasteiger partial charge in [0.15, 0.2) is 4.34 Å². The van der Waals surface area contributed by atoms with E-state index in [1.165, 1.54) is 0 Å². The van der Waals surface area contributed by atoms with Crippen LogP contribution in [0.4, 0.5) is 5.13 Å². The van der Waals surface area contributed by atoms with Crippen molar-refractivity contribution < 1.29 is 5.11 Å². The van der Waals surface area contributed by atoms with Crippen molar-refractivity contribution in [1.29, 1.82) is 0 Å². The average Bonchev–Trinajstić information content (AvgIpc) is 2.81. The molecule has 0 radical (unpaired) electrons. The highest BCUT2D eigenvalue weighted by Crippen LogP contribution is 2.30. The summed E-state index contributed by atoms with van der Waals surface area (Å²) in [5.41, 5.74) is -0.576. The number of thioether (sulfide) groups is 1. The molecule has 0 unspecified atom stereocenters. The summed E-state index contributed by atoms with van der Waals surface area (Å²) in [4.78, 5) is 0. The number of nitrogens with zero attached hydrogens (tertiary/aromatic N) is 2. The molecular weight excluding hydrogens is 254 g/mol. The first-order chi connectivity index (χ1) is 8.13. The zero-order valence-corrected chi connectivity index (χ0v) is 12.3. The lowest BCUT2D eigenvalue weighted by Crippen LogP contribution is -2.29. The molecular formula is C11H21N3OS2. The predicted octanol–water partition coefficient (Wildman–Crippen LogP) is 3.00. The Hall–Kier alpha value is -0.330. The Bertz CT molecular complexity index is 326. The normalized spacial score (nSPS) is 11.8. The lowest BCUT2D eigenvalue weighted by Gasteiger charge is -2.23. The molecule has 0 amide bonds. The molecule has 1 aromatic rings. The Morgan fingerprint density at radius 3 is 2.59 bits per heavy atom. The maximum atomic E-state index is 10.2. The minimum absolute atomic E-state index is 0.576. The van der Waals surface area contributed by atoms with Crippen LogP contribution in [0.25, 0.3) is 0 Å². The molecule has 0 aliphatic carbocycles. The van der Waals surface area contributed by atoms with Gasteiger partial charge in [-0.25, -0.2) is 0 Å². The highest BCUT2D eigenvalue weighted by atomic mass is 32.2. The van der Waals surface area contributed by atoms with Crippen molar-refractivity contribution in [2.75, 3.05) is 17.6 Å². The molecule has 0 fully saturated rings. The Morgan fingerprint density at radius 1 is 1.29 bits per heavy atom. The van der Waals surface area contributed by atoms with Crippen LogP contribution in [0.5, 0.6) is 0 Å². The van der Waals surface area contributed by atoms with Gasteiger partial charge < -0.3 is 10.4 Å². The quantitative estimate of drug-likeness (QED) is 0.714. The zero-order valence-electron chi connectivity index (χ0n) is 10.7. The summed E-state index contributed by atoms with van der Waals surface area (Å²) in [6.45, 7) is 7.07. The topological polar surface area (TPSA) is 58.0 Å². The minimum Gasteiger partial charge on any atom is -0.389 e. The van der Waals surface area contributed by atoms with Gasteiger partial charge in [0.2, 0.25) is 5.13 Å². The van der Waals surface area contributed by atoms with E-state index in [-0.39, 0.29) is 0 Å².